The fourth-order valence-electron chi connectivity index (χ4n) is 1.49. The minimum absolute atomic E-state index is 0.0361. The van der Waals surface area contributed by atoms with Gasteiger partial charge in [0.2, 0.25) is 0 Å². The lowest BCUT2D eigenvalue weighted by atomic mass is 10.2. The molecule has 1 atom stereocenters. The Balaban J connectivity index is 2.40. The minimum Gasteiger partial charge on any atom is -0.298 e. The van der Waals surface area contributed by atoms with E-state index >= 15 is 0 Å². The number of ketones is 1. The molecular formula is C8H12F3NO. The van der Waals surface area contributed by atoms with Gasteiger partial charge in [-0.2, -0.15) is 13.2 Å². The number of likely N-dealkylation sites (tertiary alicyclic amines) is 1. The van der Waals surface area contributed by atoms with Gasteiger partial charge in [0, 0.05) is 19.0 Å². The maximum atomic E-state index is 11.9. The fraction of sp³-hybridized carbons (Fsp3) is 0.875. The van der Waals surface area contributed by atoms with Gasteiger partial charge in [0.1, 0.15) is 5.78 Å². The lowest BCUT2D eigenvalue weighted by Gasteiger charge is -2.23. The largest absolute Gasteiger partial charge is 0.390 e. The summed E-state index contributed by atoms with van der Waals surface area (Å²) in [7, 11) is 0. The number of hydrogen-bond donors (Lipinski definition) is 0. The van der Waals surface area contributed by atoms with Crippen LogP contribution in [-0.2, 0) is 4.79 Å². The normalized spacial score (nSPS) is 22.3. The number of nitrogens with zero attached hydrogens (tertiary/aromatic N) is 1. The molecular weight excluding hydrogens is 183 g/mol. The molecule has 0 aromatic carbocycles. The summed E-state index contributed by atoms with van der Waals surface area (Å²) >= 11 is 0. The highest BCUT2D eigenvalue weighted by Crippen LogP contribution is 2.24. The predicted molar refractivity (Wildman–Crippen MR) is 41.3 cm³/mol. The summed E-state index contributed by atoms with van der Waals surface area (Å²) in [4.78, 5) is 12.4. The average molecular weight is 195 g/mol. The Labute approximate surface area is 74.7 Å². The van der Waals surface area contributed by atoms with Gasteiger partial charge in [-0.3, -0.25) is 9.69 Å². The van der Waals surface area contributed by atoms with Crippen LogP contribution in [0.5, 0.6) is 0 Å². The van der Waals surface area contributed by atoms with Gasteiger partial charge in [0.05, 0.1) is 13.0 Å². The highest BCUT2D eigenvalue weighted by molar-refractivity contribution is 5.82. The number of hydrogen-bond acceptors (Lipinski definition) is 2. The summed E-state index contributed by atoms with van der Waals surface area (Å²) in [5.74, 6) is 0.0361. The first-order chi connectivity index (χ1) is 5.88. The van der Waals surface area contributed by atoms with Crippen molar-refractivity contribution in [2.75, 3.05) is 13.1 Å². The molecule has 76 valence electrons. The van der Waals surface area contributed by atoms with E-state index in [9.17, 15) is 18.0 Å². The van der Waals surface area contributed by atoms with E-state index in [0.29, 0.717) is 13.0 Å². The topological polar surface area (TPSA) is 20.3 Å². The van der Waals surface area contributed by atoms with Crippen LogP contribution in [0.15, 0.2) is 0 Å². The highest BCUT2D eigenvalue weighted by atomic mass is 19.4. The van der Waals surface area contributed by atoms with Crippen LogP contribution in [0.2, 0.25) is 0 Å². The van der Waals surface area contributed by atoms with Crippen LogP contribution in [0.25, 0.3) is 0 Å². The van der Waals surface area contributed by atoms with E-state index in [1.807, 2.05) is 0 Å². The summed E-state index contributed by atoms with van der Waals surface area (Å²) < 4.78 is 35.8. The van der Waals surface area contributed by atoms with Crippen LogP contribution in [0.1, 0.15) is 19.8 Å². The predicted octanol–water partition coefficient (Wildman–Crippen LogP) is 1.60. The summed E-state index contributed by atoms with van der Waals surface area (Å²) in [6.45, 7) is 2.15. The quantitative estimate of drug-likeness (QED) is 0.667. The Morgan fingerprint density at radius 2 is 2.15 bits per heavy atom. The summed E-state index contributed by atoms with van der Waals surface area (Å²) in [6.07, 6.45) is -4.58. The molecule has 1 unspecified atom stereocenters. The number of carbonyl (C=O) groups is 1. The standard InChI is InChI=1S/C8H12F3NO/c1-6(4-8(9,10)11)12-3-2-7(13)5-12/h6H,2-5H2,1H3. The molecule has 1 rings (SSSR count). The van der Waals surface area contributed by atoms with E-state index < -0.39 is 18.6 Å². The number of alkyl halides is 3. The van der Waals surface area contributed by atoms with Crippen LogP contribution >= 0.6 is 0 Å². The Bertz CT molecular complexity index is 202. The van der Waals surface area contributed by atoms with Crippen molar-refractivity contribution in [1.82, 2.24) is 4.90 Å². The Morgan fingerprint density at radius 3 is 2.54 bits per heavy atom. The Hall–Kier alpha value is -0.580. The van der Waals surface area contributed by atoms with Crippen molar-refractivity contribution in [2.24, 2.45) is 0 Å². The molecule has 0 amide bonds. The molecule has 0 radical (unpaired) electrons. The highest BCUT2D eigenvalue weighted by Gasteiger charge is 2.34. The number of Topliss-reactive ketones (excluding diaryl/α,β-unsaturated/α-hetero) is 1. The second-order valence-corrected chi connectivity index (χ2v) is 3.43. The molecule has 0 N–H and O–H groups in total. The molecule has 1 aliphatic heterocycles. The van der Waals surface area contributed by atoms with E-state index in [1.165, 1.54) is 6.92 Å². The zero-order chi connectivity index (χ0) is 10.1. The van der Waals surface area contributed by atoms with Gasteiger partial charge in [-0.25, -0.2) is 0 Å². The number of rotatable bonds is 2. The Kier molecular flexibility index (Phi) is 2.95. The van der Waals surface area contributed by atoms with Crippen LogP contribution in [-0.4, -0.2) is 36.0 Å². The third-order valence-corrected chi connectivity index (χ3v) is 2.21. The van der Waals surface area contributed by atoms with Crippen molar-refractivity contribution >= 4 is 5.78 Å². The Morgan fingerprint density at radius 1 is 1.54 bits per heavy atom. The van der Waals surface area contributed by atoms with Crippen LogP contribution in [0.4, 0.5) is 13.2 Å². The van der Waals surface area contributed by atoms with Crippen molar-refractivity contribution in [1.29, 1.82) is 0 Å². The third-order valence-electron chi connectivity index (χ3n) is 2.21. The van der Waals surface area contributed by atoms with Gasteiger partial charge >= 0.3 is 6.18 Å². The van der Waals surface area contributed by atoms with Gasteiger partial charge in [0.25, 0.3) is 0 Å². The SMILES string of the molecule is CC(CC(F)(F)F)N1CCC(=O)C1. The molecule has 0 aromatic rings. The second-order valence-electron chi connectivity index (χ2n) is 3.43. The van der Waals surface area contributed by atoms with Crippen molar-refractivity contribution in [3.05, 3.63) is 0 Å². The summed E-state index contributed by atoms with van der Waals surface area (Å²) in [6, 6.07) is -0.577. The van der Waals surface area contributed by atoms with Crippen molar-refractivity contribution in [2.45, 2.75) is 32.0 Å². The van der Waals surface area contributed by atoms with Gasteiger partial charge in [0.15, 0.2) is 0 Å². The molecule has 0 bridgehead atoms. The smallest absolute Gasteiger partial charge is 0.298 e. The second kappa shape index (κ2) is 3.65. The molecule has 5 heteroatoms. The van der Waals surface area contributed by atoms with Crippen LogP contribution < -0.4 is 0 Å². The van der Waals surface area contributed by atoms with Gasteiger partial charge in [-0.15, -0.1) is 0 Å². The maximum Gasteiger partial charge on any atom is 0.390 e. The van der Waals surface area contributed by atoms with E-state index in [1.54, 1.807) is 4.90 Å². The molecule has 1 fully saturated rings. The minimum atomic E-state index is -4.13. The molecule has 0 aromatic heterocycles. The molecule has 13 heavy (non-hydrogen) atoms. The molecule has 1 aliphatic rings. The summed E-state index contributed by atoms with van der Waals surface area (Å²) in [5, 5.41) is 0. The van der Waals surface area contributed by atoms with Crippen LogP contribution in [0, 0.1) is 0 Å². The lowest BCUT2D eigenvalue weighted by Crippen LogP contribution is -2.34. The molecule has 2 nitrogen and oxygen atoms in total. The first-order valence-corrected chi connectivity index (χ1v) is 4.21. The zero-order valence-electron chi connectivity index (χ0n) is 7.40. The molecule has 1 heterocycles. The average Bonchev–Trinajstić information content (AvgIpc) is 2.31. The van der Waals surface area contributed by atoms with E-state index in [4.69, 9.17) is 0 Å². The number of halogens is 3. The fourth-order valence-corrected chi connectivity index (χ4v) is 1.49. The first kappa shape index (κ1) is 10.5. The molecule has 1 saturated heterocycles. The number of carbonyl (C=O) groups excluding carboxylic acids is 1. The first-order valence-electron chi connectivity index (χ1n) is 4.21. The zero-order valence-corrected chi connectivity index (χ0v) is 7.40. The van der Waals surface area contributed by atoms with Crippen molar-refractivity contribution in [3.8, 4) is 0 Å². The van der Waals surface area contributed by atoms with Crippen molar-refractivity contribution < 1.29 is 18.0 Å². The molecule has 0 aliphatic carbocycles. The van der Waals surface area contributed by atoms with E-state index in [-0.39, 0.29) is 12.3 Å². The third kappa shape index (κ3) is 3.34. The maximum absolute atomic E-state index is 11.9. The van der Waals surface area contributed by atoms with Crippen molar-refractivity contribution in [3.63, 3.8) is 0 Å². The summed E-state index contributed by atoms with van der Waals surface area (Å²) in [5.41, 5.74) is 0. The molecule has 0 saturated carbocycles. The molecule has 0 spiro atoms. The lowest BCUT2D eigenvalue weighted by molar-refractivity contribution is -0.145. The monoisotopic (exact) mass is 195 g/mol. The van der Waals surface area contributed by atoms with Gasteiger partial charge < -0.3 is 0 Å². The van der Waals surface area contributed by atoms with Crippen LogP contribution in [0.3, 0.4) is 0 Å². The van der Waals surface area contributed by atoms with E-state index in [2.05, 4.69) is 0 Å². The van der Waals surface area contributed by atoms with E-state index in [0.717, 1.165) is 0 Å². The van der Waals surface area contributed by atoms with Gasteiger partial charge in [-0.05, 0) is 6.92 Å². The van der Waals surface area contributed by atoms with Gasteiger partial charge in [-0.1, -0.05) is 0 Å².